The van der Waals surface area contributed by atoms with Gasteiger partial charge < -0.3 is 104 Å². The minimum absolute atomic E-state index is 0. The molecule has 2 aromatic carbocycles. The zero-order valence-corrected chi connectivity index (χ0v) is 56.6. The Morgan fingerprint density at radius 2 is 0.890 bits per heavy atom. The third-order valence-electron chi connectivity index (χ3n) is 10.9. The van der Waals surface area contributed by atoms with Gasteiger partial charge in [0.2, 0.25) is 35.7 Å². The number of nitrogens with zero attached hydrogens (tertiary/aromatic N) is 10. The van der Waals surface area contributed by atoms with Crippen LogP contribution in [0.25, 0.3) is 12.2 Å². The van der Waals surface area contributed by atoms with Gasteiger partial charge in [-0.05, 0) is 29.8 Å². The smallest absolute Gasteiger partial charge is 0.748 e. The Morgan fingerprint density at radius 1 is 0.549 bits per heavy atom. The number of aliphatic hydroxyl groups excluding tert-OH is 10. The summed E-state index contributed by atoms with van der Waals surface area (Å²) < 4.78 is 135. The molecule has 12 N–H and O–H groups in total. The zero-order valence-electron chi connectivity index (χ0n) is 45.4. The molecule has 436 valence electrons. The Labute approximate surface area is 562 Å². The maximum Gasteiger partial charge on any atom is 1.00 e. The minimum atomic E-state index is -5.35. The van der Waals surface area contributed by atoms with Crippen LogP contribution in [0.2, 0.25) is 0 Å². The van der Waals surface area contributed by atoms with Gasteiger partial charge in [0.1, 0.15) is 76.1 Å². The monoisotopic (exact) mass is 1280 g/mol. The van der Waals surface area contributed by atoms with E-state index in [1.54, 1.807) is 0 Å². The van der Waals surface area contributed by atoms with Crippen molar-refractivity contribution in [2.45, 2.75) is 53.7 Å². The molecule has 4 aromatic rings. The Morgan fingerprint density at radius 3 is 1.24 bits per heavy atom. The first-order valence-corrected chi connectivity index (χ1v) is 27.9. The van der Waals surface area contributed by atoms with Gasteiger partial charge in [0.25, 0.3) is 0 Å². The van der Waals surface area contributed by atoms with E-state index in [0.29, 0.717) is 0 Å². The van der Waals surface area contributed by atoms with Crippen molar-refractivity contribution in [1.29, 1.82) is 0 Å². The number of anilines is 8. The first-order valence-electron chi connectivity index (χ1n) is 22.3. The van der Waals surface area contributed by atoms with Crippen molar-refractivity contribution in [3.05, 3.63) is 47.5 Å². The molecule has 0 aliphatic carbocycles. The Hall–Kier alpha value is -1.76. The summed E-state index contributed by atoms with van der Waals surface area (Å²) in [5.74, 6) is -4.06. The van der Waals surface area contributed by atoms with Crippen molar-refractivity contribution >= 4 is 101 Å². The second-order valence-corrected chi connectivity index (χ2v) is 22.0. The molecule has 0 saturated carbocycles. The Kier molecular flexibility index (Phi) is 35.1. The standard InChI is InChI=1S/C40H60N12O22S4.4Na/c1-49(11-13-76(65,66)67)37-43-35(45-39(47-37)51(3)17-25(55)31(59)33(61)27(57)19-53)41-23-9-7-21(29(15-23)74-75(63)64)5-6-22-8-10-24(16-30(22)78(71,72)73)42-36-44-38(50(2)12-14-77(68,69)70)48-40(46-36)52(4)18-26(56)32(60)34(62)28(58)20-54;;;;/h5-10,15-16,25-28,31-34,53-62H,11-14,17-20H2,1-4H3,(H,63,64)(H,65,66,67)(H,68,69,70)(H,71,72,73)(H,41,43,45,47)(H,42,44,46,48);;;;/q;4*+1/p-4. The molecule has 0 fully saturated rings. The second-order valence-electron chi connectivity index (χ2n) is 17.1. The molecule has 0 amide bonds. The van der Waals surface area contributed by atoms with E-state index in [1.807, 2.05) is 0 Å². The number of benzene rings is 2. The molecule has 0 radical (unpaired) electrons. The van der Waals surface area contributed by atoms with Gasteiger partial charge in [0, 0.05) is 77.4 Å². The quantitative estimate of drug-likeness (QED) is 0.00963. The molecule has 0 spiro atoms. The third-order valence-corrected chi connectivity index (χ3v) is 13.5. The largest absolute Gasteiger partial charge is 1.00 e. The van der Waals surface area contributed by atoms with Crippen molar-refractivity contribution in [1.82, 2.24) is 29.9 Å². The van der Waals surface area contributed by atoms with Crippen molar-refractivity contribution in [2.75, 3.05) is 109 Å². The molecule has 9 unspecified atom stereocenters. The molecule has 42 heteroatoms. The Balaban J connectivity index is 0.0000164. The molecule has 4 rings (SSSR count). The van der Waals surface area contributed by atoms with Crippen LogP contribution < -0.4 is 153 Å². The predicted octanol–water partition coefficient (Wildman–Crippen LogP) is -18.5. The van der Waals surface area contributed by atoms with Gasteiger partial charge in [-0.15, -0.1) is 0 Å². The van der Waals surface area contributed by atoms with Crippen molar-refractivity contribution in [3.8, 4) is 5.75 Å². The first-order chi connectivity index (χ1) is 36.2. The van der Waals surface area contributed by atoms with E-state index in [1.165, 1.54) is 52.5 Å². The summed E-state index contributed by atoms with van der Waals surface area (Å²) >= 11 is -3.24. The fourth-order valence-corrected chi connectivity index (χ4v) is 8.55. The Bertz CT molecular complexity index is 3090. The number of nitrogens with one attached hydrogen (secondary N) is 2. The van der Waals surface area contributed by atoms with Crippen LogP contribution in [0, 0.1) is 0 Å². The molecular formula is C40H56N12Na4O22S4. The molecule has 9 atom stereocenters. The molecule has 82 heavy (non-hydrogen) atoms. The van der Waals surface area contributed by atoms with Crippen LogP contribution in [0.3, 0.4) is 0 Å². The summed E-state index contributed by atoms with van der Waals surface area (Å²) in [7, 11) is -9.59. The number of aliphatic hydroxyl groups is 10. The zero-order chi connectivity index (χ0) is 58.6. The number of rotatable bonds is 31. The van der Waals surface area contributed by atoms with Gasteiger partial charge in [-0.3, -0.25) is 0 Å². The molecule has 0 aliphatic rings. The van der Waals surface area contributed by atoms with E-state index in [2.05, 4.69) is 40.5 Å². The first kappa shape index (κ1) is 80.2. The van der Waals surface area contributed by atoms with E-state index in [9.17, 15) is 88.5 Å². The van der Waals surface area contributed by atoms with Gasteiger partial charge in [0.15, 0.2) is 0 Å². The minimum Gasteiger partial charge on any atom is -0.748 e. The molecule has 2 heterocycles. The van der Waals surface area contributed by atoms with Crippen LogP contribution in [-0.4, -0.2) is 257 Å². The van der Waals surface area contributed by atoms with Gasteiger partial charge in [0.05, 0.1) is 49.9 Å². The summed E-state index contributed by atoms with van der Waals surface area (Å²) in [6, 6.07) is 6.97. The topological polar surface area (TPSA) is 538 Å². The number of aromatic nitrogens is 6. The van der Waals surface area contributed by atoms with E-state index in [4.69, 9.17) is 14.4 Å². The molecule has 0 aliphatic heterocycles. The summed E-state index contributed by atoms with van der Waals surface area (Å²) in [6.45, 7) is -3.87. The third kappa shape index (κ3) is 25.5. The van der Waals surface area contributed by atoms with Crippen LogP contribution in [0.1, 0.15) is 11.1 Å². The molecule has 0 bridgehead atoms. The van der Waals surface area contributed by atoms with E-state index >= 15 is 0 Å². The number of hydrogen-bond acceptors (Lipinski definition) is 34. The number of hydrogen-bond donors (Lipinski definition) is 12. The van der Waals surface area contributed by atoms with Crippen molar-refractivity contribution in [2.24, 2.45) is 0 Å². The van der Waals surface area contributed by atoms with Crippen LogP contribution in [0.15, 0.2) is 41.3 Å². The van der Waals surface area contributed by atoms with E-state index in [0.717, 1.165) is 43.9 Å². The fourth-order valence-electron chi connectivity index (χ4n) is 6.57. The molecule has 2 aromatic heterocycles. The molecule has 0 saturated heterocycles. The normalized spacial score (nSPS) is 15.0. The van der Waals surface area contributed by atoms with Gasteiger partial charge in [-0.2, -0.15) is 29.9 Å². The van der Waals surface area contributed by atoms with Crippen molar-refractivity contribution in [3.63, 3.8) is 0 Å². The average molecular weight is 1280 g/mol. The average Bonchev–Trinajstić information content (AvgIpc) is 3.36. The van der Waals surface area contributed by atoms with Gasteiger partial charge in [-0.25, -0.2) is 29.5 Å². The van der Waals surface area contributed by atoms with Crippen molar-refractivity contribution < 1.29 is 221 Å². The SMILES string of the molecule is CN(CCS(=O)(=O)[O-])c1nc(Nc2ccc(C=Cc3ccc(Nc4nc(N(C)CCS(=O)(=O)[O-])nc(N(C)CC(O)C(O)C(O)C(O)CO)n4)cc3S(=O)(=O)[O-])c(OS(=O)[O-])c2)nc(N(C)CC(O)C(O)C(O)C(O)CO)n1.[Na+].[Na+].[Na+].[Na+]. The van der Waals surface area contributed by atoms with E-state index in [-0.39, 0.29) is 170 Å². The maximum absolute atomic E-state index is 12.7. The predicted molar refractivity (Wildman–Crippen MR) is 270 cm³/mol. The summed E-state index contributed by atoms with van der Waals surface area (Å²) in [5, 5.41) is 105. The van der Waals surface area contributed by atoms with Gasteiger partial charge in [-0.1, -0.05) is 18.2 Å². The number of likely N-dealkylation sites (N-methyl/N-ethyl adjacent to an activating group) is 2. The van der Waals surface area contributed by atoms with E-state index < -0.39 is 158 Å². The summed E-state index contributed by atoms with van der Waals surface area (Å²) in [6.07, 6.45) is -13.0. The second kappa shape index (κ2) is 35.9. The van der Waals surface area contributed by atoms with Crippen LogP contribution in [-0.2, 0) is 41.7 Å². The van der Waals surface area contributed by atoms with Gasteiger partial charge >= 0.3 is 118 Å². The van der Waals surface area contributed by atoms with Crippen LogP contribution >= 0.6 is 0 Å². The van der Waals surface area contributed by atoms with Crippen LogP contribution in [0.5, 0.6) is 5.75 Å². The molecule has 34 nitrogen and oxygen atoms in total. The molecular weight excluding hydrogens is 1220 g/mol. The van der Waals surface area contributed by atoms with Crippen LogP contribution in [0.4, 0.5) is 47.1 Å². The maximum atomic E-state index is 12.7. The summed E-state index contributed by atoms with van der Waals surface area (Å²) in [5.41, 5.74) is -0.459. The summed E-state index contributed by atoms with van der Waals surface area (Å²) in [4.78, 5) is 28.9. The fraction of sp³-hybridized carbons (Fsp3) is 0.500.